The fourth-order valence-electron chi connectivity index (χ4n) is 1.58. The van der Waals surface area contributed by atoms with E-state index in [9.17, 15) is 4.79 Å². The van der Waals surface area contributed by atoms with Crippen LogP contribution < -0.4 is 10.6 Å². The number of hydrogen-bond acceptors (Lipinski definition) is 2. The van der Waals surface area contributed by atoms with E-state index in [4.69, 9.17) is 0 Å². The van der Waals surface area contributed by atoms with Gasteiger partial charge in [0.15, 0.2) is 0 Å². The van der Waals surface area contributed by atoms with Crippen molar-refractivity contribution >= 4 is 24.0 Å². The Kier molecular flexibility index (Phi) is 3.36. The zero-order valence-electron chi connectivity index (χ0n) is 7.96. The van der Waals surface area contributed by atoms with Crippen molar-refractivity contribution in [3.05, 3.63) is 29.3 Å². The lowest BCUT2D eigenvalue weighted by Crippen LogP contribution is -2.25. The van der Waals surface area contributed by atoms with Gasteiger partial charge in [-0.15, -0.1) is 12.4 Å². The van der Waals surface area contributed by atoms with Gasteiger partial charge in [0.1, 0.15) is 0 Å². The molecule has 14 heavy (non-hydrogen) atoms. The quantitative estimate of drug-likeness (QED) is 0.686. The van der Waals surface area contributed by atoms with Crippen molar-refractivity contribution in [2.24, 2.45) is 0 Å². The average Bonchev–Trinajstić information content (AvgIpc) is 2.29. The van der Waals surface area contributed by atoms with Crippen LogP contribution in [0.15, 0.2) is 18.2 Å². The lowest BCUT2D eigenvalue weighted by molar-refractivity contribution is 0.0957. The highest BCUT2D eigenvalue weighted by molar-refractivity contribution is 6.01. The van der Waals surface area contributed by atoms with Gasteiger partial charge in [-0.25, -0.2) is 0 Å². The molecule has 0 spiro atoms. The molecule has 1 aromatic rings. The Hall–Kier alpha value is -1.22. The summed E-state index contributed by atoms with van der Waals surface area (Å²) in [5.41, 5.74) is 2.74. The summed E-state index contributed by atoms with van der Waals surface area (Å²) in [6.07, 6.45) is 0. The smallest absolute Gasteiger partial charge is 0.253 e. The van der Waals surface area contributed by atoms with E-state index in [1.54, 1.807) is 0 Å². The minimum absolute atomic E-state index is 0. The van der Waals surface area contributed by atoms with Crippen LogP contribution >= 0.6 is 12.4 Å². The molecule has 2 N–H and O–H groups in total. The van der Waals surface area contributed by atoms with Crippen molar-refractivity contribution in [1.82, 2.24) is 5.32 Å². The maximum Gasteiger partial charge on any atom is 0.253 e. The lowest BCUT2D eigenvalue weighted by Gasteiger charge is -2.07. The molecule has 2 rings (SSSR count). The third kappa shape index (κ3) is 1.82. The Morgan fingerprint density at radius 1 is 1.21 bits per heavy atom. The Morgan fingerprint density at radius 2 is 1.93 bits per heavy atom. The maximum atomic E-state index is 11.6. The van der Waals surface area contributed by atoms with E-state index in [0.29, 0.717) is 6.54 Å². The normalized spacial score (nSPS) is 14.2. The second kappa shape index (κ2) is 4.33. The van der Waals surface area contributed by atoms with E-state index >= 15 is 0 Å². The summed E-state index contributed by atoms with van der Waals surface area (Å²) < 4.78 is 0. The second-order valence-electron chi connectivity index (χ2n) is 3.18. The van der Waals surface area contributed by atoms with Crippen LogP contribution in [0.25, 0.3) is 0 Å². The van der Waals surface area contributed by atoms with Gasteiger partial charge in [0, 0.05) is 18.8 Å². The molecule has 1 aliphatic rings. The molecule has 0 unspecified atom stereocenters. The molecule has 4 heteroatoms. The first-order valence-electron chi connectivity index (χ1n) is 4.41. The van der Waals surface area contributed by atoms with Gasteiger partial charge in [0.05, 0.1) is 5.56 Å². The molecule has 1 aliphatic heterocycles. The van der Waals surface area contributed by atoms with E-state index < -0.39 is 0 Å². The number of carbonyl (C=O) groups excluding carboxylic acids is 1. The zero-order chi connectivity index (χ0) is 9.26. The third-order valence-electron chi connectivity index (χ3n) is 2.23. The molecule has 3 nitrogen and oxygen atoms in total. The van der Waals surface area contributed by atoms with Crippen LogP contribution in [0, 0.1) is 6.92 Å². The van der Waals surface area contributed by atoms with Crippen LogP contribution in [0.4, 0.5) is 5.69 Å². The van der Waals surface area contributed by atoms with Crippen LogP contribution in [0.2, 0.25) is 0 Å². The number of carbonyl (C=O) groups is 1. The number of rotatable bonds is 0. The molecule has 1 aromatic carbocycles. The van der Waals surface area contributed by atoms with Gasteiger partial charge < -0.3 is 10.6 Å². The van der Waals surface area contributed by atoms with Crippen molar-refractivity contribution in [3.8, 4) is 0 Å². The number of halogens is 1. The standard InChI is InChI=1S/C10H12N2O.ClH/c1-7-3-2-4-8-9(7)10(13)12-6-5-11-8;/h2-4,11H,5-6H2,1H3,(H,12,13);1H. The molecule has 0 saturated carbocycles. The molecule has 76 valence electrons. The van der Waals surface area contributed by atoms with Crippen LogP contribution in [0.3, 0.4) is 0 Å². The fourth-order valence-corrected chi connectivity index (χ4v) is 1.58. The van der Waals surface area contributed by atoms with Gasteiger partial charge in [-0.2, -0.15) is 0 Å². The van der Waals surface area contributed by atoms with E-state index in [2.05, 4.69) is 10.6 Å². The Balaban J connectivity index is 0.000000980. The second-order valence-corrected chi connectivity index (χ2v) is 3.18. The van der Waals surface area contributed by atoms with Crippen molar-refractivity contribution in [2.45, 2.75) is 6.92 Å². The Bertz CT molecular complexity index is 352. The summed E-state index contributed by atoms with van der Waals surface area (Å²) in [5, 5.41) is 6.05. The van der Waals surface area contributed by atoms with E-state index in [0.717, 1.165) is 23.4 Å². The Labute approximate surface area is 89.3 Å². The molecule has 0 radical (unpaired) electrons. The van der Waals surface area contributed by atoms with Crippen molar-refractivity contribution in [2.75, 3.05) is 18.4 Å². The van der Waals surface area contributed by atoms with Gasteiger partial charge in [-0.1, -0.05) is 12.1 Å². The third-order valence-corrected chi connectivity index (χ3v) is 2.23. The number of benzene rings is 1. The van der Waals surface area contributed by atoms with E-state index in [1.165, 1.54) is 0 Å². The molecule has 0 aliphatic carbocycles. The monoisotopic (exact) mass is 212 g/mol. The summed E-state index contributed by atoms with van der Waals surface area (Å²) >= 11 is 0. The first kappa shape index (κ1) is 10.9. The minimum Gasteiger partial charge on any atom is -0.383 e. The maximum absolute atomic E-state index is 11.6. The average molecular weight is 213 g/mol. The molecular formula is C10H13ClN2O. The first-order chi connectivity index (χ1) is 6.29. The predicted octanol–water partition coefficient (Wildman–Crippen LogP) is 1.57. The molecule has 1 amide bonds. The summed E-state index contributed by atoms with van der Waals surface area (Å²) in [5.74, 6) is 0.0260. The molecule has 0 fully saturated rings. The van der Waals surface area contributed by atoms with E-state index in [1.807, 2.05) is 25.1 Å². The summed E-state index contributed by atoms with van der Waals surface area (Å²) in [6.45, 7) is 3.43. The highest BCUT2D eigenvalue weighted by Gasteiger charge is 2.15. The Morgan fingerprint density at radius 3 is 2.71 bits per heavy atom. The number of hydrogen-bond donors (Lipinski definition) is 2. The lowest BCUT2D eigenvalue weighted by atomic mass is 10.1. The minimum atomic E-state index is 0. The molecular weight excluding hydrogens is 200 g/mol. The summed E-state index contributed by atoms with van der Waals surface area (Å²) in [7, 11) is 0. The number of amides is 1. The van der Waals surface area contributed by atoms with Crippen molar-refractivity contribution < 1.29 is 4.79 Å². The van der Waals surface area contributed by atoms with Crippen LogP contribution in [-0.2, 0) is 0 Å². The van der Waals surface area contributed by atoms with Crippen molar-refractivity contribution in [3.63, 3.8) is 0 Å². The fraction of sp³-hybridized carbons (Fsp3) is 0.300. The molecule has 0 saturated heterocycles. The van der Waals surface area contributed by atoms with E-state index in [-0.39, 0.29) is 18.3 Å². The van der Waals surface area contributed by atoms with Gasteiger partial charge in [-0.3, -0.25) is 4.79 Å². The van der Waals surface area contributed by atoms with Gasteiger partial charge >= 0.3 is 0 Å². The zero-order valence-corrected chi connectivity index (χ0v) is 8.78. The molecule has 1 heterocycles. The van der Waals surface area contributed by atoms with Crippen LogP contribution in [-0.4, -0.2) is 19.0 Å². The number of nitrogens with one attached hydrogen (secondary N) is 2. The number of aryl methyl sites for hydroxylation is 1. The van der Waals surface area contributed by atoms with Crippen LogP contribution in [0.5, 0.6) is 0 Å². The molecule has 0 bridgehead atoms. The van der Waals surface area contributed by atoms with Gasteiger partial charge in [0.25, 0.3) is 5.91 Å². The number of anilines is 1. The largest absolute Gasteiger partial charge is 0.383 e. The van der Waals surface area contributed by atoms with Crippen molar-refractivity contribution in [1.29, 1.82) is 0 Å². The topological polar surface area (TPSA) is 41.1 Å². The molecule has 0 atom stereocenters. The highest BCUT2D eigenvalue weighted by Crippen LogP contribution is 2.20. The first-order valence-corrected chi connectivity index (χ1v) is 4.41. The predicted molar refractivity (Wildman–Crippen MR) is 59.2 cm³/mol. The van der Waals surface area contributed by atoms with Crippen LogP contribution in [0.1, 0.15) is 15.9 Å². The summed E-state index contributed by atoms with van der Waals surface area (Å²) in [6, 6.07) is 5.85. The van der Waals surface area contributed by atoms with Gasteiger partial charge in [0.2, 0.25) is 0 Å². The highest BCUT2D eigenvalue weighted by atomic mass is 35.5. The SMILES string of the molecule is Cc1cccc2c1C(=O)NCCN2.Cl. The summed E-state index contributed by atoms with van der Waals surface area (Å²) in [4.78, 5) is 11.6. The van der Waals surface area contributed by atoms with Gasteiger partial charge in [-0.05, 0) is 18.6 Å². The number of fused-ring (bicyclic) bond motifs is 1. The molecule has 0 aromatic heterocycles.